The Labute approximate surface area is 125 Å². The van der Waals surface area contributed by atoms with Crippen molar-refractivity contribution in [3.8, 4) is 27.7 Å². The Morgan fingerprint density at radius 2 is 1.90 bits per heavy atom. The van der Waals surface area contributed by atoms with Crippen molar-refractivity contribution < 1.29 is 4.74 Å². The largest absolute Gasteiger partial charge is 0.497 e. The lowest BCUT2D eigenvalue weighted by Gasteiger charge is -2.05. The summed E-state index contributed by atoms with van der Waals surface area (Å²) in [6.45, 7) is 0. The number of benzene rings is 1. The highest BCUT2D eigenvalue weighted by Crippen LogP contribution is 2.27. The first-order chi connectivity index (χ1) is 9.76. The molecule has 0 spiro atoms. The van der Waals surface area contributed by atoms with E-state index in [1.807, 2.05) is 41.8 Å². The van der Waals surface area contributed by atoms with Crippen LogP contribution in [-0.2, 0) is 0 Å². The van der Waals surface area contributed by atoms with Crippen LogP contribution in [0.1, 0.15) is 0 Å². The van der Waals surface area contributed by atoms with E-state index in [9.17, 15) is 0 Å². The Bertz CT molecular complexity index is 711. The van der Waals surface area contributed by atoms with Gasteiger partial charge in [0, 0.05) is 11.6 Å². The molecule has 0 aliphatic rings. The first-order valence-electron chi connectivity index (χ1n) is 5.99. The van der Waals surface area contributed by atoms with E-state index < -0.39 is 0 Å². The second-order valence-corrected chi connectivity index (χ2v) is 5.44. The average Bonchev–Trinajstić information content (AvgIpc) is 3.01. The number of rotatable bonds is 3. The molecule has 0 radical (unpaired) electrons. The molecule has 3 nitrogen and oxygen atoms in total. The highest BCUT2D eigenvalue weighted by molar-refractivity contribution is 7.13. The number of methoxy groups -OCH3 is 1. The van der Waals surface area contributed by atoms with Gasteiger partial charge in [-0.15, -0.1) is 11.3 Å². The van der Waals surface area contributed by atoms with Crippen molar-refractivity contribution in [2.45, 2.75) is 0 Å². The third-order valence-electron chi connectivity index (χ3n) is 2.82. The molecule has 0 saturated heterocycles. The van der Waals surface area contributed by atoms with Crippen molar-refractivity contribution in [1.82, 2.24) is 9.97 Å². The molecule has 0 fully saturated rings. The summed E-state index contributed by atoms with van der Waals surface area (Å²) < 4.78 is 5.15. The third kappa shape index (κ3) is 2.66. The standard InChI is InChI=1S/C15H11ClN2OS/c1-19-11-6-4-10(5-7-11)12-9-14(16)18-15(17-12)13-3-2-8-20-13/h2-9H,1H3. The van der Waals surface area contributed by atoms with Crippen LogP contribution < -0.4 is 4.74 Å². The van der Waals surface area contributed by atoms with Gasteiger partial charge in [-0.1, -0.05) is 17.7 Å². The van der Waals surface area contributed by atoms with Crippen LogP contribution >= 0.6 is 22.9 Å². The predicted molar refractivity (Wildman–Crippen MR) is 82.3 cm³/mol. The third-order valence-corrected chi connectivity index (χ3v) is 3.88. The molecular weight excluding hydrogens is 292 g/mol. The Morgan fingerprint density at radius 1 is 1.10 bits per heavy atom. The summed E-state index contributed by atoms with van der Waals surface area (Å²) in [7, 11) is 1.64. The summed E-state index contributed by atoms with van der Waals surface area (Å²) in [5, 5.41) is 2.43. The zero-order chi connectivity index (χ0) is 13.9. The van der Waals surface area contributed by atoms with Crippen molar-refractivity contribution in [1.29, 1.82) is 0 Å². The molecule has 0 aliphatic heterocycles. The van der Waals surface area contributed by atoms with Crippen LogP contribution in [0.3, 0.4) is 0 Å². The number of hydrogen-bond donors (Lipinski definition) is 0. The molecule has 0 atom stereocenters. The summed E-state index contributed by atoms with van der Waals surface area (Å²) in [5.74, 6) is 1.46. The van der Waals surface area contributed by atoms with E-state index in [1.54, 1.807) is 24.5 Å². The lowest BCUT2D eigenvalue weighted by Crippen LogP contribution is -1.92. The average molecular weight is 303 g/mol. The maximum Gasteiger partial charge on any atom is 0.171 e. The van der Waals surface area contributed by atoms with Crippen molar-refractivity contribution in [3.05, 3.63) is 53.0 Å². The molecule has 100 valence electrons. The van der Waals surface area contributed by atoms with Gasteiger partial charge in [-0.25, -0.2) is 9.97 Å². The van der Waals surface area contributed by atoms with Crippen LogP contribution in [0.2, 0.25) is 5.15 Å². The van der Waals surface area contributed by atoms with Crippen molar-refractivity contribution in [2.24, 2.45) is 0 Å². The van der Waals surface area contributed by atoms with Gasteiger partial charge in [0.25, 0.3) is 0 Å². The van der Waals surface area contributed by atoms with Gasteiger partial charge in [-0.2, -0.15) is 0 Å². The van der Waals surface area contributed by atoms with Crippen LogP contribution in [-0.4, -0.2) is 17.1 Å². The number of hydrogen-bond acceptors (Lipinski definition) is 4. The van der Waals surface area contributed by atoms with Crippen LogP contribution in [0.4, 0.5) is 0 Å². The first-order valence-corrected chi connectivity index (χ1v) is 7.25. The summed E-state index contributed by atoms with van der Waals surface area (Å²) in [6.07, 6.45) is 0. The summed E-state index contributed by atoms with van der Waals surface area (Å²) >= 11 is 7.70. The minimum atomic E-state index is 0.439. The van der Waals surface area contributed by atoms with Crippen molar-refractivity contribution >= 4 is 22.9 Å². The molecule has 0 N–H and O–H groups in total. The van der Waals surface area contributed by atoms with Crippen LogP contribution in [0.25, 0.3) is 22.0 Å². The Hall–Kier alpha value is -1.91. The highest BCUT2D eigenvalue weighted by Gasteiger charge is 2.08. The Balaban J connectivity index is 2.04. The van der Waals surface area contributed by atoms with Gasteiger partial charge >= 0.3 is 0 Å². The number of thiophene rings is 1. The molecule has 2 heterocycles. The summed E-state index contributed by atoms with van der Waals surface area (Å²) in [6, 6.07) is 13.4. The smallest absolute Gasteiger partial charge is 0.171 e. The number of aromatic nitrogens is 2. The zero-order valence-corrected chi connectivity index (χ0v) is 12.3. The maximum atomic E-state index is 6.10. The van der Waals surface area contributed by atoms with Gasteiger partial charge in [-0.05, 0) is 35.7 Å². The van der Waals surface area contributed by atoms with Gasteiger partial charge in [0.05, 0.1) is 17.7 Å². The molecule has 0 aliphatic carbocycles. The van der Waals surface area contributed by atoms with Gasteiger partial charge < -0.3 is 4.74 Å². The number of ether oxygens (including phenoxy) is 1. The van der Waals surface area contributed by atoms with Gasteiger partial charge in [0.15, 0.2) is 5.82 Å². The van der Waals surface area contributed by atoms with E-state index in [1.165, 1.54) is 0 Å². The summed E-state index contributed by atoms with van der Waals surface area (Å²) in [5.41, 5.74) is 1.78. The fourth-order valence-electron chi connectivity index (χ4n) is 1.84. The Morgan fingerprint density at radius 3 is 2.55 bits per heavy atom. The second-order valence-electron chi connectivity index (χ2n) is 4.11. The van der Waals surface area contributed by atoms with Gasteiger partial charge in [-0.3, -0.25) is 0 Å². The monoisotopic (exact) mass is 302 g/mol. The first kappa shape index (κ1) is 13.1. The van der Waals surface area contributed by atoms with E-state index >= 15 is 0 Å². The number of nitrogens with zero attached hydrogens (tertiary/aromatic N) is 2. The molecule has 0 saturated carbocycles. The SMILES string of the molecule is COc1ccc(-c2cc(Cl)nc(-c3cccs3)n2)cc1. The van der Waals surface area contributed by atoms with E-state index in [2.05, 4.69) is 9.97 Å². The maximum absolute atomic E-state index is 6.10. The second kappa shape index (κ2) is 5.61. The molecule has 3 aromatic rings. The van der Waals surface area contributed by atoms with E-state index in [4.69, 9.17) is 16.3 Å². The van der Waals surface area contributed by atoms with Crippen LogP contribution in [0.15, 0.2) is 47.8 Å². The minimum Gasteiger partial charge on any atom is -0.497 e. The quantitative estimate of drug-likeness (QED) is 0.667. The Kier molecular flexibility index (Phi) is 3.67. The molecule has 1 aromatic carbocycles. The van der Waals surface area contributed by atoms with Crippen LogP contribution in [0, 0.1) is 0 Å². The lowest BCUT2D eigenvalue weighted by molar-refractivity contribution is 0.415. The molecule has 3 rings (SSSR count). The molecule has 5 heteroatoms. The fourth-order valence-corrected chi connectivity index (χ4v) is 2.68. The molecular formula is C15H11ClN2OS. The van der Waals surface area contributed by atoms with E-state index in [-0.39, 0.29) is 0 Å². The van der Waals surface area contributed by atoms with E-state index in [0.29, 0.717) is 11.0 Å². The van der Waals surface area contributed by atoms with Gasteiger partial charge in [0.2, 0.25) is 0 Å². The molecule has 2 aromatic heterocycles. The molecule has 20 heavy (non-hydrogen) atoms. The zero-order valence-electron chi connectivity index (χ0n) is 10.7. The predicted octanol–water partition coefficient (Wildman–Crippen LogP) is 4.53. The molecule has 0 amide bonds. The fraction of sp³-hybridized carbons (Fsp3) is 0.0667. The highest BCUT2D eigenvalue weighted by atomic mass is 35.5. The van der Waals surface area contributed by atoms with Crippen molar-refractivity contribution in [2.75, 3.05) is 7.11 Å². The van der Waals surface area contributed by atoms with Crippen LogP contribution in [0.5, 0.6) is 5.75 Å². The minimum absolute atomic E-state index is 0.439. The lowest BCUT2D eigenvalue weighted by atomic mass is 10.1. The molecule has 0 unspecified atom stereocenters. The summed E-state index contributed by atoms with van der Waals surface area (Å²) in [4.78, 5) is 9.85. The van der Waals surface area contributed by atoms with Gasteiger partial charge in [0.1, 0.15) is 10.9 Å². The topological polar surface area (TPSA) is 35.0 Å². The number of halogens is 1. The van der Waals surface area contributed by atoms with E-state index in [0.717, 1.165) is 21.9 Å². The van der Waals surface area contributed by atoms with Crippen molar-refractivity contribution in [3.63, 3.8) is 0 Å². The molecule has 0 bridgehead atoms. The normalized spacial score (nSPS) is 10.5.